The summed E-state index contributed by atoms with van der Waals surface area (Å²) >= 11 is 1.61. The van der Waals surface area contributed by atoms with Gasteiger partial charge in [-0.25, -0.2) is 4.79 Å². The lowest BCUT2D eigenvalue weighted by molar-refractivity contribution is 0.187. The average Bonchev–Trinajstić information content (AvgIpc) is 3.34. The molecule has 0 atom stereocenters. The highest BCUT2D eigenvalue weighted by Gasteiger charge is 2.17. The molecular weight excluding hydrogens is 340 g/mol. The Morgan fingerprint density at radius 1 is 1.32 bits per heavy atom. The van der Waals surface area contributed by atoms with Crippen LogP contribution < -0.4 is 5.32 Å². The molecule has 0 fully saturated rings. The second-order valence-corrected chi connectivity index (χ2v) is 6.91. The van der Waals surface area contributed by atoms with Gasteiger partial charge in [0.25, 0.3) is 0 Å². The van der Waals surface area contributed by atoms with Crippen LogP contribution in [0.15, 0.2) is 44.8 Å². The lowest BCUT2D eigenvalue weighted by atomic mass is 10.2. The Hall–Kier alpha value is -2.61. The number of carbonyl (C=O) groups excluding carboxylic acids is 1. The third-order valence-corrected chi connectivity index (χ3v) is 4.38. The highest BCUT2D eigenvalue weighted by atomic mass is 32.1. The molecular formula is C17H20N4O3S. The van der Waals surface area contributed by atoms with Crippen molar-refractivity contribution in [1.82, 2.24) is 20.4 Å². The zero-order valence-electron chi connectivity index (χ0n) is 14.1. The van der Waals surface area contributed by atoms with Crippen LogP contribution in [0.2, 0.25) is 0 Å². The predicted octanol–water partition coefficient (Wildman–Crippen LogP) is 3.76. The topological polar surface area (TPSA) is 84.4 Å². The maximum absolute atomic E-state index is 12.6. The van der Waals surface area contributed by atoms with Gasteiger partial charge in [0.05, 0.1) is 25.9 Å². The molecule has 3 aromatic heterocycles. The Balaban J connectivity index is 1.63. The third-order valence-electron chi connectivity index (χ3n) is 3.52. The Morgan fingerprint density at radius 2 is 2.20 bits per heavy atom. The van der Waals surface area contributed by atoms with Crippen molar-refractivity contribution in [3.63, 3.8) is 0 Å². The standard InChI is InChI=1S/C17H20N4O3S/c1-12(2)16-19-15(20-24-16)9-18-17(22)21(10-13-5-3-7-23-13)11-14-6-4-8-25-14/h3-8,12H,9-11H2,1-2H3,(H,18,22). The molecule has 8 heteroatoms. The number of hydrogen-bond acceptors (Lipinski definition) is 6. The minimum absolute atomic E-state index is 0.159. The molecule has 7 nitrogen and oxygen atoms in total. The minimum atomic E-state index is -0.208. The van der Waals surface area contributed by atoms with Crippen molar-refractivity contribution in [2.24, 2.45) is 0 Å². The van der Waals surface area contributed by atoms with Crippen molar-refractivity contribution in [3.8, 4) is 0 Å². The lowest BCUT2D eigenvalue weighted by Crippen LogP contribution is -2.38. The SMILES string of the molecule is CC(C)c1nc(CNC(=O)N(Cc2ccco2)Cc2cccs2)no1. The van der Waals surface area contributed by atoms with Crippen LogP contribution in [-0.4, -0.2) is 21.1 Å². The van der Waals surface area contributed by atoms with E-state index >= 15 is 0 Å². The zero-order chi connectivity index (χ0) is 17.6. The summed E-state index contributed by atoms with van der Waals surface area (Å²) in [6.45, 7) is 5.06. The fourth-order valence-corrected chi connectivity index (χ4v) is 2.94. The Kier molecular flexibility index (Phi) is 5.49. The largest absolute Gasteiger partial charge is 0.467 e. The van der Waals surface area contributed by atoms with Crippen LogP contribution in [-0.2, 0) is 19.6 Å². The molecule has 0 unspecified atom stereocenters. The number of rotatable bonds is 7. The molecule has 3 rings (SSSR count). The van der Waals surface area contributed by atoms with Gasteiger partial charge < -0.3 is 19.2 Å². The second-order valence-electron chi connectivity index (χ2n) is 5.88. The van der Waals surface area contributed by atoms with Gasteiger partial charge in [-0.15, -0.1) is 11.3 Å². The molecule has 25 heavy (non-hydrogen) atoms. The number of furan rings is 1. The van der Waals surface area contributed by atoms with Crippen molar-refractivity contribution < 1.29 is 13.7 Å². The third kappa shape index (κ3) is 4.69. The van der Waals surface area contributed by atoms with Crippen molar-refractivity contribution in [2.45, 2.75) is 39.4 Å². The fraction of sp³-hybridized carbons (Fsp3) is 0.353. The van der Waals surface area contributed by atoms with E-state index in [-0.39, 0.29) is 18.5 Å². The molecule has 0 aliphatic heterocycles. The van der Waals surface area contributed by atoms with Crippen LogP contribution in [0.4, 0.5) is 4.79 Å². The summed E-state index contributed by atoms with van der Waals surface area (Å²) in [6, 6.07) is 7.42. The molecule has 0 aliphatic carbocycles. The van der Waals surface area contributed by atoms with Crippen molar-refractivity contribution in [2.75, 3.05) is 0 Å². The van der Waals surface area contributed by atoms with E-state index in [2.05, 4.69) is 15.5 Å². The van der Waals surface area contributed by atoms with Gasteiger partial charge in [0.15, 0.2) is 5.82 Å². The molecule has 2 amide bonds. The Morgan fingerprint density at radius 3 is 2.84 bits per heavy atom. The number of aromatic nitrogens is 2. The van der Waals surface area contributed by atoms with Crippen LogP contribution in [0.25, 0.3) is 0 Å². The molecule has 3 aromatic rings. The number of hydrogen-bond donors (Lipinski definition) is 1. The van der Waals surface area contributed by atoms with Crippen LogP contribution in [0, 0.1) is 0 Å². The maximum Gasteiger partial charge on any atom is 0.318 e. The van der Waals surface area contributed by atoms with E-state index in [4.69, 9.17) is 8.94 Å². The molecule has 0 saturated carbocycles. The van der Waals surface area contributed by atoms with Crippen molar-refractivity contribution in [3.05, 3.63) is 58.3 Å². The van der Waals surface area contributed by atoms with E-state index in [1.54, 1.807) is 22.5 Å². The zero-order valence-corrected chi connectivity index (χ0v) is 15.0. The molecule has 0 aliphatic rings. The van der Waals surface area contributed by atoms with Crippen molar-refractivity contribution >= 4 is 17.4 Å². The molecule has 0 saturated heterocycles. The van der Waals surface area contributed by atoms with Gasteiger partial charge in [-0.05, 0) is 23.6 Å². The first-order chi connectivity index (χ1) is 12.1. The minimum Gasteiger partial charge on any atom is -0.467 e. The number of carbonyl (C=O) groups is 1. The van der Waals surface area contributed by atoms with E-state index < -0.39 is 0 Å². The summed E-state index contributed by atoms with van der Waals surface area (Å²) in [4.78, 5) is 19.7. The summed E-state index contributed by atoms with van der Waals surface area (Å²) in [6.07, 6.45) is 1.60. The highest BCUT2D eigenvalue weighted by Crippen LogP contribution is 2.15. The summed E-state index contributed by atoms with van der Waals surface area (Å²) in [5.41, 5.74) is 0. The van der Waals surface area contributed by atoms with E-state index in [9.17, 15) is 4.79 Å². The lowest BCUT2D eigenvalue weighted by Gasteiger charge is -2.21. The summed E-state index contributed by atoms with van der Waals surface area (Å²) in [5, 5.41) is 8.72. The van der Waals surface area contributed by atoms with E-state index in [1.807, 2.05) is 43.5 Å². The van der Waals surface area contributed by atoms with Gasteiger partial charge in [-0.2, -0.15) is 4.98 Å². The fourth-order valence-electron chi connectivity index (χ4n) is 2.22. The van der Waals surface area contributed by atoms with Crippen LogP contribution in [0.5, 0.6) is 0 Å². The first kappa shape index (κ1) is 17.2. The summed E-state index contributed by atoms with van der Waals surface area (Å²) in [7, 11) is 0. The number of nitrogens with zero attached hydrogens (tertiary/aromatic N) is 3. The number of urea groups is 1. The molecule has 0 spiro atoms. The Labute approximate surface area is 149 Å². The molecule has 132 valence electrons. The number of thiophene rings is 1. The van der Waals surface area contributed by atoms with Gasteiger partial charge in [0, 0.05) is 10.8 Å². The van der Waals surface area contributed by atoms with Gasteiger partial charge in [-0.3, -0.25) is 0 Å². The van der Waals surface area contributed by atoms with Gasteiger partial charge >= 0.3 is 6.03 Å². The first-order valence-corrected chi connectivity index (χ1v) is 8.90. The van der Waals surface area contributed by atoms with E-state index in [0.717, 1.165) is 10.6 Å². The monoisotopic (exact) mass is 360 g/mol. The summed E-state index contributed by atoms with van der Waals surface area (Å²) < 4.78 is 10.5. The molecule has 3 heterocycles. The summed E-state index contributed by atoms with van der Waals surface area (Å²) in [5.74, 6) is 1.92. The number of nitrogens with one attached hydrogen (secondary N) is 1. The molecule has 0 radical (unpaired) electrons. The van der Waals surface area contributed by atoms with E-state index in [1.165, 1.54) is 0 Å². The first-order valence-electron chi connectivity index (χ1n) is 8.02. The normalized spacial score (nSPS) is 11.0. The van der Waals surface area contributed by atoms with Crippen LogP contribution in [0.1, 0.15) is 42.1 Å². The van der Waals surface area contributed by atoms with Crippen LogP contribution in [0.3, 0.4) is 0 Å². The van der Waals surface area contributed by atoms with Gasteiger partial charge in [0.2, 0.25) is 5.89 Å². The van der Waals surface area contributed by atoms with Crippen molar-refractivity contribution in [1.29, 1.82) is 0 Å². The van der Waals surface area contributed by atoms with Gasteiger partial charge in [0.1, 0.15) is 5.76 Å². The maximum atomic E-state index is 12.6. The van der Waals surface area contributed by atoms with Crippen LogP contribution >= 0.6 is 11.3 Å². The smallest absolute Gasteiger partial charge is 0.318 e. The quantitative estimate of drug-likeness (QED) is 0.693. The molecule has 1 N–H and O–H groups in total. The van der Waals surface area contributed by atoms with Gasteiger partial charge in [-0.1, -0.05) is 25.1 Å². The molecule has 0 bridgehead atoms. The second kappa shape index (κ2) is 7.98. The average molecular weight is 360 g/mol. The Bertz CT molecular complexity index is 745. The highest BCUT2D eigenvalue weighted by molar-refractivity contribution is 7.09. The molecule has 0 aromatic carbocycles. The van der Waals surface area contributed by atoms with E-state index in [0.29, 0.717) is 24.8 Å². The predicted molar refractivity (Wildman–Crippen MR) is 92.9 cm³/mol. The number of amides is 2.